The van der Waals surface area contributed by atoms with Crippen LogP contribution in [0.3, 0.4) is 0 Å². The van der Waals surface area contributed by atoms with Crippen molar-refractivity contribution in [2.75, 3.05) is 30.4 Å². The van der Waals surface area contributed by atoms with Crippen molar-refractivity contribution in [2.24, 2.45) is 0 Å². The molecule has 1 aromatic rings. The first-order valence-corrected chi connectivity index (χ1v) is 6.72. The number of rotatable bonds is 4. The molecule has 0 amide bonds. The van der Waals surface area contributed by atoms with Gasteiger partial charge in [0, 0.05) is 26.2 Å². The summed E-state index contributed by atoms with van der Waals surface area (Å²) in [6.07, 6.45) is 5.80. The van der Waals surface area contributed by atoms with Gasteiger partial charge < -0.3 is 15.3 Å². The number of aliphatic hydroxyl groups excluding tert-OH is 1. The van der Waals surface area contributed by atoms with Crippen LogP contribution in [0.2, 0.25) is 5.02 Å². The summed E-state index contributed by atoms with van der Waals surface area (Å²) >= 11 is 6.20. The summed E-state index contributed by atoms with van der Waals surface area (Å²) in [6.45, 7) is 1.13. The highest BCUT2D eigenvalue weighted by molar-refractivity contribution is 6.32. The van der Waals surface area contributed by atoms with Crippen LogP contribution >= 0.6 is 11.6 Å². The highest BCUT2D eigenvalue weighted by Crippen LogP contribution is 2.30. The van der Waals surface area contributed by atoms with E-state index in [-0.39, 0.29) is 6.61 Å². The first-order valence-electron chi connectivity index (χ1n) is 6.34. The lowest BCUT2D eigenvalue weighted by Crippen LogP contribution is -2.41. The Kier molecular flexibility index (Phi) is 4.60. The van der Waals surface area contributed by atoms with Crippen molar-refractivity contribution in [3.8, 4) is 0 Å². The second-order valence-corrected chi connectivity index (χ2v) is 4.88. The molecule has 0 saturated carbocycles. The van der Waals surface area contributed by atoms with E-state index in [9.17, 15) is 0 Å². The number of nitrogens with one attached hydrogen (secondary N) is 1. The van der Waals surface area contributed by atoms with Crippen LogP contribution in [0.25, 0.3) is 0 Å². The van der Waals surface area contributed by atoms with Gasteiger partial charge in [0.2, 0.25) is 5.95 Å². The number of aromatic nitrogens is 2. The van der Waals surface area contributed by atoms with Crippen LogP contribution in [0.5, 0.6) is 0 Å². The molecule has 1 aromatic heterocycles. The van der Waals surface area contributed by atoms with Crippen molar-refractivity contribution < 1.29 is 5.11 Å². The number of halogens is 1. The molecule has 100 valence electrons. The molecular formula is C12H19ClN4O. The van der Waals surface area contributed by atoms with Crippen molar-refractivity contribution in [3.63, 3.8) is 0 Å². The molecule has 0 aliphatic carbocycles. The van der Waals surface area contributed by atoms with Crippen LogP contribution in [0.1, 0.15) is 25.7 Å². The molecular weight excluding hydrogens is 252 g/mol. The minimum atomic E-state index is 0.197. The first kappa shape index (κ1) is 13.4. The predicted octanol–water partition coefficient (Wildman–Crippen LogP) is 1.91. The van der Waals surface area contributed by atoms with Crippen LogP contribution in [-0.4, -0.2) is 41.3 Å². The topological polar surface area (TPSA) is 61.3 Å². The lowest BCUT2D eigenvalue weighted by molar-refractivity contribution is 0.262. The van der Waals surface area contributed by atoms with Crippen LogP contribution in [0.4, 0.5) is 11.8 Å². The molecule has 0 spiro atoms. The zero-order valence-corrected chi connectivity index (χ0v) is 11.3. The van der Waals surface area contributed by atoms with Gasteiger partial charge in [0.25, 0.3) is 0 Å². The van der Waals surface area contributed by atoms with Gasteiger partial charge >= 0.3 is 0 Å². The molecule has 18 heavy (non-hydrogen) atoms. The molecule has 1 saturated heterocycles. The first-order chi connectivity index (χ1) is 8.76. The Hall–Kier alpha value is -1.07. The Morgan fingerprint density at radius 1 is 1.56 bits per heavy atom. The monoisotopic (exact) mass is 270 g/mol. The van der Waals surface area contributed by atoms with E-state index in [1.807, 2.05) is 0 Å². The van der Waals surface area contributed by atoms with Crippen molar-refractivity contribution >= 4 is 23.4 Å². The van der Waals surface area contributed by atoms with Crippen molar-refractivity contribution in [1.29, 1.82) is 0 Å². The van der Waals surface area contributed by atoms with E-state index in [0.717, 1.165) is 31.6 Å². The average Bonchev–Trinajstić information content (AvgIpc) is 2.41. The molecule has 2 N–H and O–H groups in total. The molecule has 0 aromatic carbocycles. The van der Waals surface area contributed by atoms with Gasteiger partial charge in [-0.15, -0.1) is 0 Å². The van der Waals surface area contributed by atoms with Gasteiger partial charge in [-0.3, -0.25) is 0 Å². The van der Waals surface area contributed by atoms with Crippen molar-refractivity contribution in [1.82, 2.24) is 9.97 Å². The SMILES string of the molecule is CNc1ncc(Cl)c(N2CCCCC2CCO)n1. The molecule has 2 heterocycles. The maximum atomic E-state index is 9.15. The Morgan fingerprint density at radius 3 is 3.11 bits per heavy atom. The van der Waals surface area contributed by atoms with Gasteiger partial charge in [-0.1, -0.05) is 11.6 Å². The number of anilines is 2. The summed E-state index contributed by atoms with van der Waals surface area (Å²) in [5.74, 6) is 1.34. The summed E-state index contributed by atoms with van der Waals surface area (Å²) in [5, 5.41) is 12.6. The summed E-state index contributed by atoms with van der Waals surface area (Å²) in [5.41, 5.74) is 0. The lowest BCUT2D eigenvalue weighted by Gasteiger charge is -2.36. The van der Waals surface area contributed by atoms with Gasteiger partial charge in [0.1, 0.15) is 5.02 Å². The van der Waals surface area contributed by atoms with E-state index in [0.29, 0.717) is 17.0 Å². The summed E-state index contributed by atoms with van der Waals surface area (Å²) in [4.78, 5) is 10.7. The molecule has 1 unspecified atom stereocenters. The van der Waals surface area contributed by atoms with Crippen LogP contribution < -0.4 is 10.2 Å². The maximum absolute atomic E-state index is 9.15. The maximum Gasteiger partial charge on any atom is 0.224 e. The summed E-state index contributed by atoms with van der Waals surface area (Å²) in [7, 11) is 1.79. The second kappa shape index (κ2) is 6.20. The molecule has 1 aliphatic heterocycles. The fourth-order valence-electron chi connectivity index (χ4n) is 2.41. The molecule has 0 bridgehead atoms. The fourth-order valence-corrected chi connectivity index (χ4v) is 2.61. The largest absolute Gasteiger partial charge is 0.396 e. The summed E-state index contributed by atoms with van der Waals surface area (Å²) in [6, 6.07) is 0.320. The van der Waals surface area contributed by atoms with Gasteiger partial charge in [-0.25, -0.2) is 4.98 Å². The van der Waals surface area contributed by atoms with E-state index in [1.165, 1.54) is 6.42 Å². The summed E-state index contributed by atoms with van der Waals surface area (Å²) < 4.78 is 0. The third-order valence-corrected chi connectivity index (χ3v) is 3.58. The molecule has 6 heteroatoms. The lowest BCUT2D eigenvalue weighted by atomic mass is 10.00. The zero-order valence-electron chi connectivity index (χ0n) is 10.6. The molecule has 1 aliphatic rings. The third kappa shape index (κ3) is 2.84. The molecule has 1 fully saturated rings. The Labute approximate surface area is 112 Å². The van der Waals surface area contributed by atoms with Crippen LogP contribution in [0, 0.1) is 0 Å². The predicted molar refractivity (Wildman–Crippen MR) is 73.3 cm³/mol. The Morgan fingerprint density at radius 2 is 2.39 bits per heavy atom. The number of nitrogens with zero attached hydrogens (tertiary/aromatic N) is 3. The molecule has 2 rings (SSSR count). The van der Waals surface area contributed by atoms with Crippen molar-refractivity contribution in [2.45, 2.75) is 31.7 Å². The van der Waals surface area contributed by atoms with Crippen LogP contribution in [0.15, 0.2) is 6.20 Å². The number of hydrogen-bond donors (Lipinski definition) is 2. The third-order valence-electron chi connectivity index (χ3n) is 3.31. The molecule has 1 atom stereocenters. The van der Waals surface area contributed by atoms with Crippen molar-refractivity contribution in [3.05, 3.63) is 11.2 Å². The standard InChI is InChI=1S/C12H19ClN4O/c1-14-12-15-8-10(13)11(16-12)17-6-3-2-4-9(17)5-7-18/h8-9,18H,2-7H2,1H3,(H,14,15,16). The minimum absolute atomic E-state index is 0.197. The normalized spacial score (nSPS) is 19.9. The number of piperidine rings is 1. The van der Waals surface area contributed by atoms with E-state index in [1.54, 1.807) is 13.2 Å². The minimum Gasteiger partial charge on any atom is -0.396 e. The quantitative estimate of drug-likeness (QED) is 0.875. The Balaban J connectivity index is 2.26. The van der Waals surface area contributed by atoms with E-state index in [4.69, 9.17) is 16.7 Å². The van der Waals surface area contributed by atoms with E-state index < -0.39 is 0 Å². The van der Waals surface area contributed by atoms with Gasteiger partial charge in [0.15, 0.2) is 5.82 Å². The molecule has 5 nitrogen and oxygen atoms in total. The zero-order chi connectivity index (χ0) is 13.0. The second-order valence-electron chi connectivity index (χ2n) is 4.47. The van der Waals surface area contributed by atoms with E-state index >= 15 is 0 Å². The highest BCUT2D eigenvalue weighted by Gasteiger charge is 2.25. The fraction of sp³-hybridized carbons (Fsp3) is 0.667. The van der Waals surface area contributed by atoms with Gasteiger partial charge in [-0.05, 0) is 25.7 Å². The number of hydrogen-bond acceptors (Lipinski definition) is 5. The smallest absolute Gasteiger partial charge is 0.224 e. The average molecular weight is 271 g/mol. The molecule has 0 radical (unpaired) electrons. The Bertz CT molecular complexity index is 400. The van der Waals surface area contributed by atoms with Gasteiger partial charge in [-0.2, -0.15) is 4.98 Å². The highest BCUT2D eigenvalue weighted by atomic mass is 35.5. The number of aliphatic hydroxyl groups is 1. The van der Waals surface area contributed by atoms with Crippen LogP contribution in [-0.2, 0) is 0 Å². The van der Waals surface area contributed by atoms with E-state index in [2.05, 4.69) is 20.2 Å². The van der Waals surface area contributed by atoms with Gasteiger partial charge in [0.05, 0.1) is 6.20 Å².